The Morgan fingerprint density at radius 2 is 2.05 bits per heavy atom. The largest absolute Gasteiger partial charge is 0.460 e. The average Bonchev–Trinajstić information content (AvgIpc) is 2.83. The van der Waals surface area contributed by atoms with Gasteiger partial charge in [-0.1, -0.05) is 25.1 Å². The number of oxazole rings is 1. The first-order valence-electron chi connectivity index (χ1n) is 6.40. The quantitative estimate of drug-likeness (QED) is 0.790. The standard InChI is InChI=1S/C15H17NO3/c1-4-12-13(15(17)18-5-2)19-14(16-12)11-9-7-6-8-10(11)3/h6-9H,4-5H2,1-3H3. The van der Waals surface area contributed by atoms with Crippen LogP contribution in [0.1, 0.15) is 35.7 Å². The van der Waals surface area contributed by atoms with Crippen LogP contribution in [0.2, 0.25) is 0 Å². The Morgan fingerprint density at radius 3 is 2.68 bits per heavy atom. The van der Waals surface area contributed by atoms with Gasteiger partial charge in [-0.05, 0) is 31.9 Å². The molecule has 0 fully saturated rings. The van der Waals surface area contributed by atoms with Crippen molar-refractivity contribution >= 4 is 5.97 Å². The van der Waals surface area contributed by atoms with E-state index in [0.717, 1.165) is 11.1 Å². The minimum atomic E-state index is -0.452. The summed E-state index contributed by atoms with van der Waals surface area (Å²) in [5, 5.41) is 0. The molecule has 0 aliphatic heterocycles. The lowest BCUT2D eigenvalue weighted by Gasteiger charge is -2.00. The molecule has 2 aromatic rings. The Labute approximate surface area is 112 Å². The zero-order valence-electron chi connectivity index (χ0n) is 11.4. The van der Waals surface area contributed by atoms with Gasteiger partial charge >= 0.3 is 5.97 Å². The van der Waals surface area contributed by atoms with Crippen molar-refractivity contribution in [1.82, 2.24) is 4.98 Å². The average molecular weight is 259 g/mol. The van der Waals surface area contributed by atoms with Crippen molar-refractivity contribution in [2.45, 2.75) is 27.2 Å². The molecule has 0 radical (unpaired) electrons. The zero-order chi connectivity index (χ0) is 13.8. The van der Waals surface area contributed by atoms with Crippen LogP contribution in [0.25, 0.3) is 11.5 Å². The molecule has 4 heteroatoms. The number of aryl methyl sites for hydroxylation is 2. The Balaban J connectivity index is 2.44. The zero-order valence-corrected chi connectivity index (χ0v) is 11.4. The second-order valence-corrected chi connectivity index (χ2v) is 4.18. The van der Waals surface area contributed by atoms with Crippen LogP contribution in [-0.4, -0.2) is 17.6 Å². The fourth-order valence-electron chi connectivity index (χ4n) is 1.88. The molecular formula is C15H17NO3. The van der Waals surface area contributed by atoms with Crippen LogP contribution in [0.3, 0.4) is 0 Å². The number of carbonyl (C=O) groups excluding carboxylic acids is 1. The minimum Gasteiger partial charge on any atom is -0.460 e. The van der Waals surface area contributed by atoms with Crippen LogP contribution >= 0.6 is 0 Å². The van der Waals surface area contributed by atoms with Gasteiger partial charge in [0.05, 0.1) is 12.3 Å². The monoisotopic (exact) mass is 259 g/mol. The summed E-state index contributed by atoms with van der Waals surface area (Å²) in [5.74, 6) is 0.229. The third-order valence-corrected chi connectivity index (χ3v) is 2.87. The summed E-state index contributed by atoms with van der Waals surface area (Å²) in [6, 6.07) is 7.78. The molecule has 0 unspecified atom stereocenters. The highest BCUT2D eigenvalue weighted by atomic mass is 16.5. The molecule has 100 valence electrons. The normalized spacial score (nSPS) is 10.5. The highest BCUT2D eigenvalue weighted by Gasteiger charge is 2.21. The lowest BCUT2D eigenvalue weighted by atomic mass is 10.1. The van der Waals surface area contributed by atoms with Crippen LogP contribution in [-0.2, 0) is 11.2 Å². The van der Waals surface area contributed by atoms with Gasteiger partial charge in [0.25, 0.3) is 0 Å². The Bertz CT molecular complexity index is 587. The number of rotatable bonds is 4. The molecule has 19 heavy (non-hydrogen) atoms. The molecule has 4 nitrogen and oxygen atoms in total. The number of carbonyl (C=O) groups is 1. The summed E-state index contributed by atoms with van der Waals surface area (Å²) in [7, 11) is 0. The Kier molecular flexibility index (Phi) is 4.00. The van der Waals surface area contributed by atoms with Crippen molar-refractivity contribution < 1.29 is 13.9 Å². The number of benzene rings is 1. The first-order valence-corrected chi connectivity index (χ1v) is 6.40. The van der Waals surface area contributed by atoms with Crippen molar-refractivity contribution in [1.29, 1.82) is 0 Å². The fraction of sp³-hybridized carbons (Fsp3) is 0.333. The number of esters is 1. The van der Waals surface area contributed by atoms with Gasteiger partial charge in [0.2, 0.25) is 11.7 Å². The van der Waals surface area contributed by atoms with Gasteiger partial charge < -0.3 is 9.15 Å². The molecule has 0 bridgehead atoms. The molecule has 1 heterocycles. The maximum absolute atomic E-state index is 11.8. The van der Waals surface area contributed by atoms with E-state index in [0.29, 0.717) is 24.6 Å². The van der Waals surface area contributed by atoms with E-state index in [1.54, 1.807) is 6.92 Å². The number of aromatic nitrogens is 1. The number of hydrogen-bond donors (Lipinski definition) is 0. The van der Waals surface area contributed by atoms with Crippen molar-refractivity contribution in [3.8, 4) is 11.5 Å². The van der Waals surface area contributed by atoms with Gasteiger partial charge in [-0.2, -0.15) is 0 Å². The van der Waals surface area contributed by atoms with Crippen LogP contribution in [0, 0.1) is 6.92 Å². The van der Waals surface area contributed by atoms with E-state index in [2.05, 4.69) is 4.98 Å². The second kappa shape index (κ2) is 5.69. The highest BCUT2D eigenvalue weighted by Crippen LogP contribution is 2.25. The van der Waals surface area contributed by atoms with Crippen molar-refractivity contribution in [2.24, 2.45) is 0 Å². The SMILES string of the molecule is CCOC(=O)c1oc(-c2ccccc2C)nc1CC. The van der Waals surface area contributed by atoms with E-state index in [4.69, 9.17) is 9.15 Å². The van der Waals surface area contributed by atoms with Crippen LogP contribution in [0.4, 0.5) is 0 Å². The van der Waals surface area contributed by atoms with Crippen LogP contribution in [0.5, 0.6) is 0 Å². The smallest absolute Gasteiger partial charge is 0.376 e. The van der Waals surface area contributed by atoms with Gasteiger partial charge in [0.1, 0.15) is 0 Å². The summed E-state index contributed by atoms with van der Waals surface area (Å²) in [6.07, 6.45) is 0.629. The summed E-state index contributed by atoms with van der Waals surface area (Å²) < 4.78 is 10.6. The summed E-state index contributed by atoms with van der Waals surface area (Å²) in [4.78, 5) is 16.2. The molecule has 1 aromatic carbocycles. The van der Waals surface area contributed by atoms with Gasteiger partial charge in [0, 0.05) is 5.56 Å². The third kappa shape index (κ3) is 2.67. The van der Waals surface area contributed by atoms with Gasteiger partial charge in [0.15, 0.2) is 0 Å². The van der Waals surface area contributed by atoms with Crippen molar-refractivity contribution in [2.75, 3.05) is 6.61 Å². The van der Waals surface area contributed by atoms with Crippen molar-refractivity contribution in [3.63, 3.8) is 0 Å². The van der Waals surface area contributed by atoms with Crippen LogP contribution < -0.4 is 0 Å². The molecule has 0 N–H and O–H groups in total. The van der Waals surface area contributed by atoms with E-state index in [9.17, 15) is 4.79 Å². The van der Waals surface area contributed by atoms with Gasteiger partial charge in [-0.15, -0.1) is 0 Å². The Hall–Kier alpha value is -2.10. The van der Waals surface area contributed by atoms with E-state index >= 15 is 0 Å². The molecule has 2 rings (SSSR count). The lowest BCUT2D eigenvalue weighted by Crippen LogP contribution is -2.05. The van der Waals surface area contributed by atoms with Gasteiger partial charge in [-0.3, -0.25) is 0 Å². The third-order valence-electron chi connectivity index (χ3n) is 2.87. The van der Waals surface area contributed by atoms with Gasteiger partial charge in [-0.25, -0.2) is 9.78 Å². The molecule has 0 aliphatic carbocycles. The number of ether oxygens (including phenoxy) is 1. The van der Waals surface area contributed by atoms with E-state index in [1.165, 1.54) is 0 Å². The molecular weight excluding hydrogens is 242 g/mol. The fourth-order valence-corrected chi connectivity index (χ4v) is 1.88. The predicted octanol–water partition coefficient (Wildman–Crippen LogP) is 3.39. The van der Waals surface area contributed by atoms with Crippen LogP contribution in [0.15, 0.2) is 28.7 Å². The minimum absolute atomic E-state index is 0.211. The first kappa shape index (κ1) is 13.3. The summed E-state index contributed by atoms with van der Waals surface area (Å²) in [5.41, 5.74) is 2.59. The Morgan fingerprint density at radius 1 is 1.32 bits per heavy atom. The number of nitrogens with zero attached hydrogens (tertiary/aromatic N) is 1. The molecule has 0 saturated carbocycles. The number of hydrogen-bond acceptors (Lipinski definition) is 4. The maximum atomic E-state index is 11.8. The molecule has 0 amide bonds. The molecule has 0 saturated heterocycles. The highest BCUT2D eigenvalue weighted by molar-refractivity contribution is 5.88. The van der Waals surface area contributed by atoms with Crippen molar-refractivity contribution in [3.05, 3.63) is 41.3 Å². The summed E-state index contributed by atoms with van der Waals surface area (Å²) in [6.45, 7) is 6.00. The van der Waals surface area contributed by atoms with E-state index < -0.39 is 5.97 Å². The molecule has 1 aromatic heterocycles. The molecule has 0 spiro atoms. The maximum Gasteiger partial charge on any atom is 0.376 e. The summed E-state index contributed by atoms with van der Waals surface area (Å²) >= 11 is 0. The van der Waals surface area contributed by atoms with E-state index in [1.807, 2.05) is 38.1 Å². The molecule has 0 aliphatic rings. The topological polar surface area (TPSA) is 52.3 Å². The van der Waals surface area contributed by atoms with E-state index in [-0.39, 0.29) is 5.76 Å². The molecule has 0 atom stereocenters. The lowest BCUT2D eigenvalue weighted by molar-refractivity contribution is 0.0489. The first-order chi connectivity index (χ1) is 9.17. The second-order valence-electron chi connectivity index (χ2n) is 4.18. The predicted molar refractivity (Wildman–Crippen MR) is 72.0 cm³/mol.